The molecule has 2 amide bonds. The molecule has 0 radical (unpaired) electrons. The Kier molecular flexibility index (Phi) is 9.30. The van der Waals surface area contributed by atoms with Crippen molar-refractivity contribution in [3.8, 4) is 5.75 Å². The van der Waals surface area contributed by atoms with E-state index in [0.717, 1.165) is 31.2 Å². The van der Waals surface area contributed by atoms with Crippen molar-refractivity contribution in [1.82, 2.24) is 10.2 Å². The predicted molar refractivity (Wildman–Crippen MR) is 133 cm³/mol. The topological polar surface area (TPSA) is 58.6 Å². The molecule has 0 aromatic heterocycles. The van der Waals surface area contributed by atoms with E-state index in [4.69, 9.17) is 39.5 Å². The van der Waals surface area contributed by atoms with E-state index in [9.17, 15) is 9.59 Å². The summed E-state index contributed by atoms with van der Waals surface area (Å²) < 4.78 is 5.74. The van der Waals surface area contributed by atoms with E-state index in [2.05, 4.69) is 5.32 Å². The van der Waals surface area contributed by atoms with Crippen LogP contribution in [-0.2, 0) is 16.1 Å². The lowest BCUT2D eigenvalue weighted by Gasteiger charge is -2.31. The van der Waals surface area contributed by atoms with E-state index < -0.39 is 6.04 Å². The van der Waals surface area contributed by atoms with Gasteiger partial charge in [-0.05, 0) is 67.6 Å². The Morgan fingerprint density at radius 2 is 1.82 bits per heavy atom. The third-order valence-electron chi connectivity index (χ3n) is 5.93. The molecule has 1 aliphatic rings. The molecular weight excluding hydrogens is 483 g/mol. The highest BCUT2D eigenvalue weighted by molar-refractivity contribution is 6.35. The van der Waals surface area contributed by atoms with Crippen LogP contribution in [0.25, 0.3) is 0 Å². The lowest BCUT2D eigenvalue weighted by Crippen LogP contribution is -2.52. The van der Waals surface area contributed by atoms with Crippen molar-refractivity contribution in [3.05, 3.63) is 62.6 Å². The third kappa shape index (κ3) is 7.02. The average molecular weight is 512 g/mol. The van der Waals surface area contributed by atoms with Crippen LogP contribution in [0.15, 0.2) is 36.4 Å². The van der Waals surface area contributed by atoms with Crippen LogP contribution in [0.4, 0.5) is 0 Å². The number of nitrogens with one attached hydrogen (secondary N) is 1. The van der Waals surface area contributed by atoms with E-state index in [1.165, 1.54) is 0 Å². The average Bonchev–Trinajstić information content (AvgIpc) is 3.28. The molecule has 33 heavy (non-hydrogen) atoms. The van der Waals surface area contributed by atoms with Crippen LogP contribution in [0.5, 0.6) is 5.75 Å². The highest BCUT2D eigenvalue weighted by atomic mass is 35.5. The largest absolute Gasteiger partial charge is 0.484 e. The number of carbonyl (C=O) groups excluding carboxylic acids is 2. The predicted octanol–water partition coefficient (Wildman–Crippen LogP) is 6.20. The number of benzene rings is 2. The number of hydrogen-bond acceptors (Lipinski definition) is 3. The number of rotatable bonds is 9. The molecule has 2 aromatic carbocycles. The van der Waals surface area contributed by atoms with Gasteiger partial charge in [0, 0.05) is 27.7 Å². The molecule has 1 fully saturated rings. The molecule has 1 atom stereocenters. The van der Waals surface area contributed by atoms with Crippen LogP contribution < -0.4 is 10.1 Å². The minimum Gasteiger partial charge on any atom is -0.484 e. The highest BCUT2D eigenvalue weighted by Gasteiger charge is 2.31. The third-order valence-corrected chi connectivity index (χ3v) is 6.95. The summed E-state index contributed by atoms with van der Waals surface area (Å²) in [5.41, 5.74) is 1.57. The standard InChI is InChI=1S/C25H29Cl3N2O3/c1-3-23(25(32)29-19-6-4-5-7-19)30(14-17-8-9-18(26)13-22(17)28)24(31)15-33-20-10-11-21(27)16(2)12-20/h8-13,19,23H,3-7,14-15H2,1-2H3,(H,29,32). The minimum absolute atomic E-state index is 0.148. The monoisotopic (exact) mass is 510 g/mol. The van der Waals surface area contributed by atoms with Crippen LogP contribution >= 0.6 is 34.8 Å². The second-order valence-electron chi connectivity index (χ2n) is 8.37. The Bertz CT molecular complexity index is 993. The summed E-state index contributed by atoms with van der Waals surface area (Å²) in [6.45, 7) is 3.73. The normalized spacial score (nSPS) is 14.7. The summed E-state index contributed by atoms with van der Waals surface area (Å²) in [7, 11) is 0. The maximum Gasteiger partial charge on any atom is 0.261 e. The van der Waals surface area contributed by atoms with Gasteiger partial charge in [-0.2, -0.15) is 0 Å². The first-order chi connectivity index (χ1) is 15.8. The fourth-order valence-corrected chi connectivity index (χ4v) is 4.64. The van der Waals surface area contributed by atoms with Gasteiger partial charge in [0.2, 0.25) is 5.91 Å². The number of amides is 2. The van der Waals surface area contributed by atoms with Gasteiger partial charge >= 0.3 is 0 Å². The zero-order valence-corrected chi connectivity index (χ0v) is 21.1. The summed E-state index contributed by atoms with van der Waals surface area (Å²) in [5, 5.41) is 4.70. The van der Waals surface area contributed by atoms with Gasteiger partial charge in [-0.15, -0.1) is 0 Å². The van der Waals surface area contributed by atoms with E-state index >= 15 is 0 Å². The first kappa shape index (κ1) is 25.7. The molecule has 0 heterocycles. The van der Waals surface area contributed by atoms with Crippen molar-refractivity contribution >= 4 is 46.6 Å². The highest BCUT2D eigenvalue weighted by Crippen LogP contribution is 2.25. The van der Waals surface area contributed by atoms with Gasteiger partial charge in [-0.3, -0.25) is 9.59 Å². The van der Waals surface area contributed by atoms with Crippen LogP contribution in [0.3, 0.4) is 0 Å². The molecule has 0 saturated heterocycles. The van der Waals surface area contributed by atoms with E-state index in [1.807, 2.05) is 13.8 Å². The summed E-state index contributed by atoms with van der Waals surface area (Å²) in [6, 6.07) is 9.87. The zero-order chi connectivity index (χ0) is 24.0. The molecule has 2 aromatic rings. The van der Waals surface area contributed by atoms with Crippen LogP contribution in [0, 0.1) is 6.92 Å². The molecule has 1 unspecified atom stereocenters. The summed E-state index contributed by atoms with van der Waals surface area (Å²) in [6.07, 6.45) is 4.63. The van der Waals surface area contributed by atoms with Gasteiger partial charge in [-0.25, -0.2) is 0 Å². The minimum atomic E-state index is -0.639. The quantitative estimate of drug-likeness (QED) is 0.436. The van der Waals surface area contributed by atoms with Gasteiger partial charge in [-0.1, -0.05) is 60.6 Å². The second kappa shape index (κ2) is 12.0. The molecule has 0 bridgehead atoms. The summed E-state index contributed by atoms with van der Waals surface area (Å²) in [4.78, 5) is 28.0. The van der Waals surface area contributed by atoms with Gasteiger partial charge in [0.1, 0.15) is 11.8 Å². The van der Waals surface area contributed by atoms with E-state index in [1.54, 1.807) is 41.3 Å². The molecule has 5 nitrogen and oxygen atoms in total. The maximum atomic E-state index is 13.3. The van der Waals surface area contributed by atoms with E-state index in [-0.39, 0.29) is 31.0 Å². The lowest BCUT2D eigenvalue weighted by atomic mass is 10.1. The maximum absolute atomic E-state index is 13.3. The summed E-state index contributed by atoms with van der Waals surface area (Å²) in [5.74, 6) is 0.0883. The molecular formula is C25H29Cl3N2O3. The number of aryl methyl sites for hydroxylation is 1. The van der Waals surface area contributed by atoms with Crippen molar-refractivity contribution in [1.29, 1.82) is 0 Å². The van der Waals surface area contributed by atoms with Crippen molar-refractivity contribution in [2.24, 2.45) is 0 Å². The van der Waals surface area contributed by atoms with Gasteiger partial charge in [0.25, 0.3) is 5.91 Å². The van der Waals surface area contributed by atoms with Crippen molar-refractivity contribution in [3.63, 3.8) is 0 Å². The number of ether oxygens (including phenoxy) is 1. The van der Waals surface area contributed by atoms with Gasteiger partial charge in [0.05, 0.1) is 0 Å². The molecule has 178 valence electrons. The van der Waals surface area contributed by atoms with Crippen molar-refractivity contribution in [2.75, 3.05) is 6.61 Å². The number of halogens is 3. The lowest BCUT2D eigenvalue weighted by molar-refractivity contribution is -0.143. The van der Waals surface area contributed by atoms with E-state index in [0.29, 0.717) is 32.8 Å². The SMILES string of the molecule is CCC(C(=O)NC1CCCC1)N(Cc1ccc(Cl)cc1Cl)C(=O)COc1ccc(Cl)c(C)c1. The second-order valence-corrected chi connectivity index (χ2v) is 9.62. The van der Waals surface area contributed by atoms with Crippen LogP contribution in [0.1, 0.15) is 50.2 Å². The Labute approximate surface area is 210 Å². The molecule has 1 N–H and O–H groups in total. The molecule has 0 aliphatic heterocycles. The van der Waals surface area contributed by atoms with Crippen LogP contribution in [0.2, 0.25) is 15.1 Å². The fraction of sp³-hybridized carbons (Fsp3) is 0.440. The zero-order valence-electron chi connectivity index (χ0n) is 18.9. The van der Waals surface area contributed by atoms with Crippen molar-refractivity contribution < 1.29 is 14.3 Å². The Hall–Kier alpha value is -1.95. The first-order valence-corrected chi connectivity index (χ1v) is 12.3. The Balaban J connectivity index is 1.79. The van der Waals surface area contributed by atoms with Gasteiger partial charge < -0.3 is 15.0 Å². The number of nitrogens with zero attached hydrogens (tertiary/aromatic N) is 1. The molecule has 8 heteroatoms. The molecule has 3 rings (SSSR count). The smallest absolute Gasteiger partial charge is 0.261 e. The van der Waals surface area contributed by atoms with Crippen LogP contribution in [-0.4, -0.2) is 35.4 Å². The molecule has 1 saturated carbocycles. The first-order valence-electron chi connectivity index (χ1n) is 11.2. The number of hydrogen-bond donors (Lipinski definition) is 1. The Morgan fingerprint density at radius 1 is 1.09 bits per heavy atom. The molecule has 1 aliphatic carbocycles. The fourth-order valence-electron chi connectivity index (χ4n) is 4.06. The number of carbonyl (C=O) groups is 2. The Morgan fingerprint density at radius 3 is 2.45 bits per heavy atom. The summed E-state index contributed by atoms with van der Waals surface area (Å²) >= 11 is 18.5. The van der Waals surface area contributed by atoms with Gasteiger partial charge in [0.15, 0.2) is 6.61 Å². The molecule has 0 spiro atoms. The van der Waals surface area contributed by atoms with Crippen molar-refractivity contribution in [2.45, 2.75) is 64.6 Å².